The highest BCUT2D eigenvalue weighted by Crippen LogP contribution is 2.38. The number of benzene rings is 2. The average molecular weight is 585 g/mol. The van der Waals surface area contributed by atoms with Gasteiger partial charge in [0, 0.05) is 28.5 Å². The standard InChI is InChI=1S/C31H28Cl2N8/c1-3-26(19-7-5-4-6-8-19)38-29-20(15-34)16-35-30-24(29)13-21(14-25(30)32)37-31(23-11-12-28(33)36-18(23)2)27-17-41(40-39-27)22-9-10-22/h4-8,11-14,16-17,22,26,31,37H,3,9-10H2,1-2H3,(H,35,38)/i31D. The van der Waals surface area contributed by atoms with Gasteiger partial charge < -0.3 is 10.6 Å². The number of fused-ring (bicyclic) bond motifs is 1. The van der Waals surface area contributed by atoms with E-state index in [0.717, 1.165) is 24.8 Å². The Morgan fingerprint density at radius 3 is 2.66 bits per heavy atom. The molecule has 0 radical (unpaired) electrons. The molecule has 0 aliphatic heterocycles. The molecular formula is C31H28Cl2N8. The van der Waals surface area contributed by atoms with E-state index in [2.05, 4.69) is 56.0 Å². The van der Waals surface area contributed by atoms with Crippen molar-refractivity contribution in [2.45, 2.75) is 51.2 Å². The molecule has 1 aliphatic carbocycles. The number of nitrogens with one attached hydrogen (secondary N) is 2. The first-order valence-electron chi connectivity index (χ1n) is 14.0. The molecule has 0 spiro atoms. The molecule has 41 heavy (non-hydrogen) atoms. The van der Waals surface area contributed by atoms with Crippen LogP contribution in [0.4, 0.5) is 11.4 Å². The number of rotatable bonds is 9. The number of nitrogens with zero attached hydrogens (tertiary/aromatic N) is 6. The molecule has 2 atom stereocenters. The van der Waals surface area contributed by atoms with Crippen LogP contribution in [0.5, 0.6) is 0 Å². The minimum absolute atomic E-state index is 0.0465. The Kier molecular flexibility index (Phi) is 7.14. The second kappa shape index (κ2) is 11.4. The van der Waals surface area contributed by atoms with Crippen LogP contribution < -0.4 is 10.6 Å². The lowest BCUT2D eigenvalue weighted by Crippen LogP contribution is -2.15. The molecule has 0 amide bonds. The van der Waals surface area contributed by atoms with Crippen LogP contribution in [0.1, 0.15) is 73.7 Å². The third kappa shape index (κ3) is 5.56. The summed E-state index contributed by atoms with van der Waals surface area (Å²) in [6.07, 6.45) is 6.21. The van der Waals surface area contributed by atoms with Crippen molar-refractivity contribution in [3.8, 4) is 6.07 Å². The van der Waals surface area contributed by atoms with E-state index in [1.165, 1.54) is 6.20 Å². The van der Waals surface area contributed by atoms with Crippen LogP contribution in [0.2, 0.25) is 10.2 Å². The van der Waals surface area contributed by atoms with E-state index in [9.17, 15) is 6.63 Å². The molecule has 3 heterocycles. The number of aromatic nitrogens is 5. The maximum Gasteiger partial charge on any atom is 0.129 e. The van der Waals surface area contributed by atoms with Gasteiger partial charge in [-0.2, -0.15) is 5.26 Å². The highest BCUT2D eigenvalue weighted by molar-refractivity contribution is 6.36. The highest BCUT2D eigenvalue weighted by Gasteiger charge is 2.28. The van der Waals surface area contributed by atoms with Crippen molar-refractivity contribution in [2.24, 2.45) is 0 Å². The molecule has 5 aromatic rings. The monoisotopic (exact) mass is 583 g/mol. The maximum atomic E-state index is 10.0. The number of nitriles is 1. The third-order valence-corrected chi connectivity index (χ3v) is 7.75. The minimum Gasteiger partial charge on any atom is -0.377 e. The zero-order valence-electron chi connectivity index (χ0n) is 23.6. The number of hydrogen-bond acceptors (Lipinski definition) is 7. The topological polar surface area (TPSA) is 104 Å². The van der Waals surface area contributed by atoms with Crippen LogP contribution in [-0.2, 0) is 0 Å². The van der Waals surface area contributed by atoms with Gasteiger partial charge in [-0.3, -0.25) is 4.98 Å². The smallest absolute Gasteiger partial charge is 0.129 e. The summed E-state index contributed by atoms with van der Waals surface area (Å²) in [7, 11) is 0. The van der Waals surface area contributed by atoms with Gasteiger partial charge in [0.2, 0.25) is 0 Å². The van der Waals surface area contributed by atoms with Gasteiger partial charge >= 0.3 is 0 Å². The molecule has 2 unspecified atom stereocenters. The normalized spacial score (nSPS) is 15.5. The number of halogens is 2. The first kappa shape index (κ1) is 25.8. The molecule has 1 aliphatic rings. The van der Waals surface area contributed by atoms with Gasteiger partial charge in [-0.25, -0.2) is 9.67 Å². The summed E-state index contributed by atoms with van der Waals surface area (Å²) in [5.74, 6) is 0. The Labute approximate surface area is 249 Å². The molecular weight excluding hydrogens is 555 g/mol. The summed E-state index contributed by atoms with van der Waals surface area (Å²) in [5, 5.41) is 27.1. The van der Waals surface area contributed by atoms with Gasteiger partial charge in [0.25, 0.3) is 0 Å². The first-order chi connectivity index (χ1) is 20.3. The summed E-state index contributed by atoms with van der Waals surface area (Å²) >= 11 is 13.0. The molecule has 1 fully saturated rings. The number of hydrogen-bond donors (Lipinski definition) is 2. The summed E-state index contributed by atoms with van der Waals surface area (Å²) in [4.78, 5) is 8.91. The predicted molar refractivity (Wildman–Crippen MR) is 162 cm³/mol. The summed E-state index contributed by atoms with van der Waals surface area (Å²) in [5.41, 5.74) is 4.79. The van der Waals surface area contributed by atoms with E-state index < -0.39 is 6.02 Å². The molecule has 3 aromatic heterocycles. The second-order valence-electron chi connectivity index (χ2n) is 10.1. The van der Waals surface area contributed by atoms with E-state index in [4.69, 9.17) is 23.2 Å². The quantitative estimate of drug-likeness (QED) is 0.170. The molecule has 2 aromatic carbocycles. The van der Waals surface area contributed by atoms with Crippen molar-refractivity contribution in [1.29, 1.82) is 5.26 Å². The van der Waals surface area contributed by atoms with E-state index in [1.807, 2.05) is 42.1 Å². The Morgan fingerprint density at radius 2 is 1.95 bits per heavy atom. The van der Waals surface area contributed by atoms with Gasteiger partial charge in [0.1, 0.15) is 16.9 Å². The Balaban J connectivity index is 1.48. The molecule has 8 nitrogen and oxygen atoms in total. The van der Waals surface area contributed by atoms with Crippen LogP contribution in [0.3, 0.4) is 0 Å². The van der Waals surface area contributed by atoms with Crippen LogP contribution in [0.25, 0.3) is 10.9 Å². The number of pyridine rings is 2. The fourth-order valence-corrected chi connectivity index (χ4v) is 5.43. The summed E-state index contributed by atoms with van der Waals surface area (Å²) in [6.45, 7) is 3.90. The van der Waals surface area contributed by atoms with Crippen molar-refractivity contribution >= 4 is 45.5 Å². The van der Waals surface area contributed by atoms with E-state index >= 15 is 0 Å². The molecule has 6 rings (SSSR count). The molecule has 0 bridgehead atoms. The lowest BCUT2D eigenvalue weighted by Gasteiger charge is -2.23. The van der Waals surface area contributed by atoms with Crippen LogP contribution >= 0.6 is 23.2 Å². The molecule has 1 saturated carbocycles. The highest BCUT2D eigenvalue weighted by atomic mass is 35.5. The van der Waals surface area contributed by atoms with Crippen LogP contribution in [0, 0.1) is 18.3 Å². The first-order valence-corrected chi connectivity index (χ1v) is 14.2. The molecule has 10 heteroatoms. The minimum atomic E-state index is -1.57. The second-order valence-corrected chi connectivity index (χ2v) is 10.9. The van der Waals surface area contributed by atoms with Crippen LogP contribution in [-0.4, -0.2) is 25.0 Å². The zero-order chi connectivity index (χ0) is 29.4. The summed E-state index contributed by atoms with van der Waals surface area (Å²) in [6, 6.07) is 18.1. The fourth-order valence-electron chi connectivity index (χ4n) is 4.97. The third-order valence-electron chi connectivity index (χ3n) is 7.25. The molecule has 2 N–H and O–H groups in total. The summed E-state index contributed by atoms with van der Waals surface area (Å²) < 4.78 is 11.6. The maximum absolute atomic E-state index is 10.0. The average Bonchev–Trinajstić information content (AvgIpc) is 3.71. The largest absolute Gasteiger partial charge is 0.377 e. The van der Waals surface area contributed by atoms with Gasteiger partial charge in [-0.15, -0.1) is 5.10 Å². The van der Waals surface area contributed by atoms with Gasteiger partial charge in [-0.1, -0.05) is 71.7 Å². The lowest BCUT2D eigenvalue weighted by molar-refractivity contribution is 0.610. The van der Waals surface area contributed by atoms with Crippen LogP contribution in [0.15, 0.2) is 67.0 Å². The van der Waals surface area contributed by atoms with Crippen molar-refractivity contribution in [1.82, 2.24) is 25.0 Å². The Hall–Kier alpha value is -4.19. The fraction of sp³-hybridized carbons (Fsp3) is 0.258. The Bertz CT molecular complexity index is 1820. The molecule has 0 saturated heterocycles. The van der Waals surface area contributed by atoms with E-state index in [0.29, 0.717) is 61.0 Å². The van der Waals surface area contributed by atoms with Crippen molar-refractivity contribution in [2.75, 3.05) is 10.6 Å². The van der Waals surface area contributed by atoms with Crippen molar-refractivity contribution in [3.63, 3.8) is 0 Å². The lowest BCUT2D eigenvalue weighted by atomic mass is 10.0. The Morgan fingerprint density at radius 1 is 1.15 bits per heavy atom. The van der Waals surface area contributed by atoms with Gasteiger partial charge in [-0.05, 0) is 49.9 Å². The van der Waals surface area contributed by atoms with Crippen molar-refractivity contribution in [3.05, 3.63) is 105 Å². The van der Waals surface area contributed by atoms with E-state index in [-0.39, 0.29) is 6.04 Å². The number of aryl methyl sites for hydroxylation is 1. The van der Waals surface area contributed by atoms with Gasteiger partial charge in [0.05, 0.1) is 47.5 Å². The SMILES string of the molecule is [2H]C(Nc1cc(Cl)c2ncc(C#N)c(NC(CC)c3ccccc3)c2c1)(c1cn(C2CC2)nn1)c1ccc(Cl)nc1C. The van der Waals surface area contributed by atoms with E-state index in [1.54, 1.807) is 18.2 Å². The zero-order valence-corrected chi connectivity index (χ0v) is 24.1. The number of anilines is 2. The van der Waals surface area contributed by atoms with Gasteiger partial charge in [0.15, 0.2) is 0 Å². The predicted octanol–water partition coefficient (Wildman–Crippen LogP) is 7.81. The molecule has 206 valence electrons. The van der Waals surface area contributed by atoms with Crippen molar-refractivity contribution < 1.29 is 1.37 Å².